The normalized spacial score (nSPS) is 10.1. The smallest absolute Gasteiger partial charge is 0.132 e. The van der Waals surface area contributed by atoms with Crippen LogP contribution in [0.1, 0.15) is 5.56 Å². The van der Waals surface area contributed by atoms with Gasteiger partial charge in [0.15, 0.2) is 0 Å². The molecule has 2 rings (SSSR count). The first-order valence-corrected chi connectivity index (χ1v) is 5.40. The fourth-order valence-corrected chi connectivity index (χ4v) is 1.76. The highest BCUT2D eigenvalue weighted by Gasteiger charge is 2.08. The van der Waals surface area contributed by atoms with Crippen molar-refractivity contribution in [2.45, 2.75) is 6.92 Å². The molecular weight excluding hydrogens is 214 g/mol. The van der Waals surface area contributed by atoms with E-state index in [9.17, 15) is 0 Å². The van der Waals surface area contributed by atoms with E-state index in [1.807, 2.05) is 38.2 Å². The van der Waals surface area contributed by atoms with Crippen molar-refractivity contribution in [3.05, 3.63) is 36.2 Å². The summed E-state index contributed by atoms with van der Waals surface area (Å²) in [7, 11) is 3.51. The first-order valence-electron chi connectivity index (χ1n) is 5.40. The molecule has 88 valence electrons. The summed E-state index contributed by atoms with van der Waals surface area (Å²) in [6.07, 6.45) is 1.56. The molecule has 2 aromatic rings. The summed E-state index contributed by atoms with van der Waals surface area (Å²) in [4.78, 5) is 8.50. The van der Waals surface area contributed by atoms with E-state index >= 15 is 0 Å². The van der Waals surface area contributed by atoms with Crippen molar-refractivity contribution in [2.75, 3.05) is 19.5 Å². The summed E-state index contributed by atoms with van der Waals surface area (Å²) in [5.41, 5.74) is 2.98. The number of methoxy groups -OCH3 is 1. The van der Waals surface area contributed by atoms with Crippen LogP contribution in [0.25, 0.3) is 11.3 Å². The molecule has 0 radical (unpaired) electrons. The molecule has 0 unspecified atom stereocenters. The Kier molecular flexibility index (Phi) is 3.23. The Morgan fingerprint density at radius 1 is 1.24 bits per heavy atom. The molecule has 17 heavy (non-hydrogen) atoms. The monoisotopic (exact) mass is 229 g/mol. The maximum absolute atomic E-state index is 5.21. The minimum Gasteiger partial charge on any atom is -0.497 e. The number of nitrogens with zero attached hydrogens (tertiary/aromatic N) is 2. The lowest BCUT2D eigenvalue weighted by Crippen LogP contribution is -1.99. The van der Waals surface area contributed by atoms with Crippen molar-refractivity contribution < 1.29 is 4.74 Å². The Morgan fingerprint density at radius 3 is 2.76 bits per heavy atom. The topological polar surface area (TPSA) is 47.0 Å². The van der Waals surface area contributed by atoms with Crippen LogP contribution >= 0.6 is 0 Å². The Balaban J connectivity index is 2.52. The third-order valence-corrected chi connectivity index (χ3v) is 2.66. The molecule has 1 aromatic carbocycles. The number of rotatable bonds is 3. The minimum absolute atomic E-state index is 0.825. The zero-order valence-corrected chi connectivity index (χ0v) is 10.2. The molecule has 0 saturated heterocycles. The number of anilines is 1. The van der Waals surface area contributed by atoms with E-state index in [4.69, 9.17) is 4.74 Å². The van der Waals surface area contributed by atoms with Gasteiger partial charge in [-0.1, -0.05) is 12.1 Å². The Hall–Kier alpha value is -2.10. The van der Waals surface area contributed by atoms with E-state index in [-0.39, 0.29) is 0 Å². The van der Waals surface area contributed by atoms with Crippen LogP contribution in [0.2, 0.25) is 0 Å². The van der Waals surface area contributed by atoms with Crippen LogP contribution in [0.4, 0.5) is 5.82 Å². The fraction of sp³-hybridized carbons (Fsp3) is 0.231. The molecule has 1 heterocycles. The second-order valence-corrected chi connectivity index (χ2v) is 3.68. The van der Waals surface area contributed by atoms with Crippen LogP contribution in [-0.2, 0) is 0 Å². The Morgan fingerprint density at radius 2 is 2.06 bits per heavy atom. The summed E-state index contributed by atoms with van der Waals surface area (Å²) in [6.45, 7) is 2.00. The van der Waals surface area contributed by atoms with Crippen LogP contribution in [-0.4, -0.2) is 24.1 Å². The summed E-state index contributed by atoms with van der Waals surface area (Å²) in [5, 5.41) is 3.05. The van der Waals surface area contributed by atoms with Gasteiger partial charge in [0.25, 0.3) is 0 Å². The van der Waals surface area contributed by atoms with E-state index in [1.165, 1.54) is 0 Å². The molecule has 1 N–H and O–H groups in total. The minimum atomic E-state index is 0.825. The molecule has 0 amide bonds. The molecule has 0 spiro atoms. The second kappa shape index (κ2) is 4.82. The van der Waals surface area contributed by atoms with E-state index in [1.54, 1.807) is 13.4 Å². The fourth-order valence-electron chi connectivity index (χ4n) is 1.76. The van der Waals surface area contributed by atoms with Gasteiger partial charge in [0.05, 0.1) is 12.8 Å². The average molecular weight is 229 g/mol. The largest absolute Gasteiger partial charge is 0.497 e. The van der Waals surface area contributed by atoms with Crippen molar-refractivity contribution >= 4 is 5.82 Å². The second-order valence-electron chi connectivity index (χ2n) is 3.68. The van der Waals surface area contributed by atoms with Crippen molar-refractivity contribution in [1.82, 2.24) is 9.97 Å². The molecule has 1 aromatic heterocycles. The van der Waals surface area contributed by atoms with E-state index in [2.05, 4.69) is 15.3 Å². The standard InChI is InChI=1S/C13H15N3O/c1-9-12(15-8-16-13(9)14-2)10-5-4-6-11(7-10)17-3/h4-8H,1-3H3,(H,14,15,16). The zero-order valence-electron chi connectivity index (χ0n) is 10.2. The number of nitrogens with one attached hydrogen (secondary N) is 1. The van der Waals surface area contributed by atoms with E-state index < -0.39 is 0 Å². The lowest BCUT2D eigenvalue weighted by molar-refractivity contribution is 0.415. The number of hydrogen-bond donors (Lipinski definition) is 1. The molecule has 0 saturated carbocycles. The molecule has 4 nitrogen and oxygen atoms in total. The number of ether oxygens (including phenoxy) is 1. The summed E-state index contributed by atoms with van der Waals surface area (Å²) in [6, 6.07) is 7.85. The van der Waals surface area contributed by atoms with E-state index in [0.717, 1.165) is 28.4 Å². The van der Waals surface area contributed by atoms with Crippen LogP contribution in [0, 0.1) is 6.92 Å². The van der Waals surface area contributed by atoms with Crippen LogP contribution < -0.4 is 10.1 Å². The van der Waals surface area contributed by atoms with E-state index in [0.29, 0.717) is 0 Å². The summed E-state index contributed by atoms with van der Waals surface area (Å²) >= 11 is 0. The van der Waals surface area contributed by atoms with Gasteiger partial charge in [-0.15, -0.1) is 0 Å². The third-order valence-electron chi connectivity index (χ3n) is 2.66. The van der Waals surface area contributed by atoms with Crippen LogP contribution in [0.5, 0.6) is 5.75 Å². The molecule has 0 fully saturated rings. The number of benzene rings is 1. The van der Waals surface area contributed by atoms with Gasteiger partial charge < -0.3 is 10.1 Å². The van der Waals surface area contributed by atoms with Gasteiger partial charge >= 0.3 is 0 Å². The summed E-state index contributed by atoms with van der Waals surface area (Å²) in [5.74, 6) is 1.67. The lowest BCUT2D eigenvalue weighted by atomic mass is 10.1. The van der Waals surface area contributed by atoms with Gasteiger partial charge in [-0.25, -0.2) is 9.97 Å². The predicted molar refractivity (Wildman–Crippen MR) is 68.3 cm³/mol. The number of aromatic nitrogens is 2. The summed E-state index contributed by atoms with van der Waals surface area (Å²) < 4.78 is 5.21. The highest BCUT2D eigenvalue weighted by Crippen LogP contribution is 2.27. The lowest BCUT2D eigenvalue weighted by Gasteiger charge is -2.09. The SMILES string of the molecule is CNc1ncnc(-c2cccc(OC)c2)c1C. The zero-order chi connectivity index (χ0) is 12.3. The third kappa shape index (κ3) is 2.20. The maximum Gasteiger partial charge on any atom is 0.132 e. The quantitative estimate of drug-likeness (QED) is 0.878. The highest BCUT2D eigenvalue weighted by molar-refractivity contribution is 5.68. The Bertz CT molecular complexity index is 526. The molecule has 4 heteroatoms. The van der Waals surface area contributed by atoms with Gasteiger partial charge in [0, 0.05) is 18.2 Å². The van der Waals surface area contributed by atoms with Gasteiger partial charge in [-0.05, 0) is 19.1 Å². The van der Waals surface area contributed by atoms with Gasteiger partial charge in [-0.3, -0.25) is 0 Å². The van der Waals surface area contributed by atoms with Crippen molar-refractivity contribution in [1.29, 1.82) is 0 Å². The first kappa shape index (κ1) is 11.4. The highest BCUT2D eigenvalue weighted by atomic mass is 16.5. The van der Waals surface area contributed by atoms with Gasteiger partial charge in [0.1, 0.15) is 17.9 Å². The van der Waals surface area contributed by atoms with Gasteiger partial charge in [0.2, 0.25) is 0 Å². The van der Waals surface area contributed by atoms with Crippen LogP contribution in [0.3, 0.4) is 0 Å². The molecule has 0 bridgehead atoms. The van der Waals surface area contributed by atoms with Gasteiger partial charge in [-0.2, -0.15) is 0 Å². The Labute approximate surface area is 101 Å². The molecule has 0 aliphatic heterocycles. The predicted octanol–water partition coefficient (Wildman–Crippen LogP) is 2.50. The first-order chi connectivity index (χ1) is 8.26. The molecule has 0 aliphatic rings. The molecule has 0 atom stereocenters. The maximum atomic E-state index is 5.21. The van der Waals surface area contributed by atoms with Crippen molar-refractivity contribution in [3.63, 3.8) is 0 Å². The number of hydrogen-bond acceptors (Lipinski definition) is 4. The molecule has 0 aliphatic carbocycles. The van der Waals surface area contributed by atoms with Crippen molar-refractivity contribution in [3.8, 4) is 17.0 Å². The van der Waals surface area contributed by atoms with Crippen molar-refractivity contribution in [2.24, 2.45) is 0 Å². The van der Waals surface area contributed by atoms with Crippen LogP contribution in [0.15, 0.2) is 30.6 Å². The molecular formula is C13H15N3O. The average Bonchev–Trinajstić information content (AvgIpc) is 2.39.